The summed E-state index contributed by atoms with van der Waals surface area (Å²) in [7, 11) is 0. The SMILES string of the molecule is CSc1cccc(-n2c(N)nc3ccc(F)c(F)c32)c1. The summed E-state index contributed by atoms with van der Waals surface area (Å²) in [5, 5.41) is 0. The van der Waals surface area contributed by atoms with Crippen molar-refractivity contribution in [3.05, 3.63) is 48.0 Å². The highest BCUT2D eigenvalue weighted by Crippen LogP contribution is 2.28. The van der Waals surface area contributed by atoms with Gasteiger partial charge in [0.25, 0.3) is 0 Å². The number of fused-ring (bicyclic) bond motifs is 1. The Morgan fingerprint density at radius 3 is 2.75 bits per heavy atom. The molecule has 0 amide bonds. The smallest absolute Gasteiger partial charge is 0.206 e. The highest BCUT2D eigenvalue weighted by molar-refractivity contribution is 7.98. The third-order valence-electron chi connectivity index (χ3n) is 3.05. The van der Waals surface area contributed by atoms with Crippen LogP contribution in [-0.2, 0) is 0 Å². The summed E-state index contributed by atoms with van der Waals surface area (Å²) in [4.78, 5) is 5.07. The van der Waals surface area contributed by atoms with Gasteiger partial charge in [-0.15, -0.1) is 11.8 Å². The van der Waals surface area contributed by atoms with Gasteiger partial charge in [0, 0.05) is 4.90 Å². The Kier molecular flexibility index (Phi) is 3.10. The van der Waals surface area contributed by atoms with Gasteiger partial charge < -0.3 is 5.73 Å². The van der Waals surface area contributed by atoms with Crippen LogP contribution in [0.2, 0.25) is 0 Å². The summed E-state index contributed by atoms with van der Waals surface area (Å²) in [6, 6.07) is 9.86. The Morgan fingerprint density at radius 1 is 1.20 bits per heavy atom. The fourth-order valence-corrected chi connectivity index (χ4v) is 2.58. The monoisotopic (exact) mass is 291 g/mol. The lowest BCUT2D eigenvalue weighted by Gasteiger charge is -2.08. The zero-order valence-electron chi connectivity index (χ0n) is 10.6. The van der Waals surface area contributed by atoms with Gasteiger partial charge in [0.1, 0.15) is 5.52 Å². The molecule has 0 aliphatic heterocycles. The number of anilines is 1. The third-order valence-corrected chi connectivity index (χ3v) is 3.77. The fourth-order valence-electron chi connectivity index (χ4n) is 2.13. The minimum atomic E-state index is -0.943. The van der Waals surface area contributed by atoms with Crippen LogP contribution in [0.25, 0.3) is 16.7 Å². The number of aromatic nitrogens is 2. The molecule has 0 bridgehead atoms. The lowest BCUT2D eigenvalue weighted by atomic mass is 10.2. The van der Waals surface area contributed by atoms with Gasteiger partial charge >= 0.3 is 0 Å². The van der Waals surface area contributed by atoms with Crippen LogP contribution in [0.1, 0.15) is 0 Å². The second kappa shape index (κ2) is 4.79. The van der Waals surface area contributed by atoms with E-state index in [1.807, 2.05) is 24.5 Å². The summed E-state index contributed by atoms with van der Waals surface area (Å²) >= 11 is 1.56. The van der Waals surface area contributed by atoms with Gasteiger partial charge in [-0.1, -0.05) is 6.07 Å². The lowest BCUT2D eigenvalue weighted by Crippen LogP contribution is -2.02. The molecule has 3 rings (SSSR count). The molecule has 0 atom stereocenters. The average Bonchev–Trinajstić information content (AvgIpc) is 2.80. The van der Waals surface area contributed by atoms with E-state index in [2.05, 4.69) is 4.98 Å². The molecule has 2 N–H and O–H groups in total. The molecular formula is C14H11F2N3S. The van der Waals surface area contributed by atoms with E-state index < -0.39 is 11.6 Å². The molecule has 0 unspecified atom stereocenters. The topological polar surface area (TPSA) is 43.8 Å². The van der Waals surface area contributed by atoms with Gasteiger partial charge in [0.2, 0.25) is 5.95 Å². The first-order chi connectivity index (χ1) is 9.61. The van der Waals surface area contributed by atoms with Crippen LogP contribution in [0.15, 0.2) is 41.3 Å². The van der Waals surface area contributed by atoms with E-state index in [1.165, 1.54) is 10.6 Å². The second-order valence-corrected chi connectivity index (χ2v) is 5.12. The number of hydrogen-bond donors (Lipinski definition) is 1. The average molecular weight is 291 g/mol. The van der Waals surface area contributed by atoms with Crippen molar-refractivity contribution < 1.29 is 8.78 Å². The maximum Gasteiger partial charge on any atom is 0.206 e. The molecule has 0 aliphatic rings. The van der Waals surface area contributed by atoms with Gasteiger partial charge in [0.05, 0.1) is 11.2 Å². The Morgan fingerprint density at radius 2 is 2.00 bits per heavy atom. The Balaban J connectivity index is 2.35. The summed E-state index contributed by atoms with van der Waals surface area (Å²) in [5.74, 6) is -1.73. The molecule has 20 heavy (non-hydrogen) atoms. The normalized spacial score (nSPS) is 11.2. The van der Waals surface area contributed by atoms with Crippen molar-refractivity contribution in [2.45, 2.75) is 4.90 Å². The number of hydrogen-bond acceptors (Lipinski definition) is 3. The molecular weight excluding hydrogens is 280 g/mol. The Hall–Kier alpha value is -2.08. The zero-order valence-corrected chi connectivity index (χ0v) is 11.4. The molecule has 0 fully saturated rings. The summed E-state index contributed by atoms with van der Waals surface area (Å²) in [6.45, 7) is 0. The lowest BCUT2D eigenvalue weighted by molar-refractivity contribution is 0.514. The number of rotatable bonds is 2. The molecule has 1 heterocycles. The van der Waals surface area contributed by atoms with Crippen molar-refractivity contribution >= 4 is 28.7 Å². The molecule has 1 aromatic heterocycles. The molecule has 6 heteroatoms. The van der Waals surface area contributed by atoms with Crippen molar-refractivity contribution in [1.29, 1.82) is 0 Å². The van der Waals surface area contributed by atoms with Gasteiger partial charge in [-0.25, -0.2) is 13.8 Å². The van der Waals surface area contributed by atoms with Crippen LogP contribution in [0.5, 0.6) is 0 Å². The first-order valence-electron chi connectivity index (χ1n) is 5.88. The predicted octanol–water partition coefficient (Wildman–Crippen LogP) is 3.61. The van der Waals surface area contributed by atoms with Crippen LogP contribution in [-0.4, -0.2) is 15.8 Å². The minimum Gasteiger partial charge on any atom is -0.369 e. The van der Waals surface area contributed by atoms with Gasteiger partial charge in [-0.3, -0.25) is 4.57 Å². The maximum absolute atomic E-state index is 14.0. The molecule has 0 aliphatic carbocycles. The highest BCUT2D eigenvalue weighted by atomic mass is 32.2. The van der Waals surface area contributed by atoms with Crippen molar-refractivity contribution in [2.24, 2.45) is 0 Å². The second-order valence-electron chi connectivity index (χ2n) is 4.24. The number of nitrogen functional groups attached to an aromatic ring is 1. The van der Waals surface area contributed by atoms with Crippen LogP contribution < -0.4 is 5.73 Å². The van der Waals surface area contributed by atoms with Gasteiger partial charge in [0.15, 0.2) is 11.6 Å². The van der Waals surface area contributed by atoms with Gasteiger partial charge in [-0.2, -0.15) is 0 Å². The van der Waals surface area contributed by atoms with E-state index in [-0.39, 0.29) is 11.5 Å². The number of thioether (sulfide) groups is 1. The van der Waals surface area contributed by atoms with E-state index in [0.717, 1.165) is 11.0 Å². The number of nitrogens with zero attached hydrogens (tertiary/aromatic N) is 2. The quantitative estimate of drug-likeness (QED) is 0.734. The Labute approximate surface area is 118 Å². The van der Waals surface area contributed by atoms with Crippen molar-refractivity contribution in [3.8, 4) is 5.69 Å². The van der Waals surface area contributed by atoms with Crippen molar-refractivity contribution in [3.63, 3.8) is 0 Å². The molecule has 2 aromatic carbocycles. The first kappa shape index (κ1) is 12.9. The molecule has 3 nitrogen and oxygen atoms in total. The largest absolute Gasteiger partial charge is 0.369 e. The van der Waals surface area contributed by atoms with Crippen LogP contribution in [0.4, 0.5) is 14.7 Å². The Bertz CT molecular complexity index is 798. The van der Waals surface area contributed by atoms with Gasteiger partial charge in [-0.05, 0) is 36.6 Å². The van der Waals surface area contributed by atoms with Crippen LogP contribution in [0.3, 0.4) is 0 Å². The van der Waals surface area contributed by atoms with E-state index >= 15 is 0 Å². The first-order valence-corrected chi connectivity index (χ1v) is 7.10. The number of imidazole rings is 1. The van der Waals surface area contributed by atoms with E-state index in [0.29, 0.717) is 11.2 Å². The highest BCUT2D eigenvalue weighted by Gasteiger charge is 2.17. The molecule has 102 valence electrons. The molecule has 0 spiro atoms. The number of benzene rings is 2. The molecule has 0 saturated carbocycles. The van der Waals surface area contributed by atoms with E-state index in [9.17, 15) is 8.78 Å². The fraction of sp³-hybridized carbons (Fsp3) is 0.0714. The predicted molar refractivity (Wildman–Crippen MR) is 77.2 cm³/mol. The van der Waals surface area contributed by atoms with Crippen LogP contribution in [0, 0.1) is 11.6 Å². The zero-order chi connectivity index (χ0) is 14.3. The molecule has 0 radical (unpaired) electrons. The molecule has 3 aromatic rings. The minimum absolute atomic E-state index is 0.0563. The summed E-state index contributed by atoms with van der Waals surface area (Å²) in [5.41, 5.74) is 6.89. The summed E-state index contributed by atoms with van der Waals surface area (Å²) < 4.78 is 28.9. The summed E-state index contributed by atoms with van der Waals surface area (Å²) in [6.07, 6.45) is 1.94. The number of halogens is 2. The molecule has 0 saturated heterocycles. The van der Waals surface area contributed by atoms with Crippen molar-refractivity contribution in [2.75, 3.05) is 12.0 Å². The standard InChI is InChI=1S/C14H11F2N3S/c1-20-9-4-2-3-8(7-9)19-13-11(18-14(19)17)6-5-10(15)12(13)16/h2-7H,1H3,(H2,17,18). The van der Waals surface area contributed by atoms with Crippen LogP contribution >= 0.6 is 11.8 Å². The number of nitrogens with two attached hydrogens (primary N) is 1. The maximum atomic E-state index is 14.0. The van der Waals surface area contributed by atoms with E-state index in [1.54, 1.807) is 17.8 Å². The third kappa shape index (κ3) is 1.92. The van der Waals surface area contributed by atoms with E-state index in [4.69, 9.17) is 5.73 Å². The van der Waals surface area contributed by atoms with Crippen molar-refractivity contribution in [1.82, 2.24) is 9.55 Å².